The van der Waals surface area contributed by atoms with E-state index < -0.39 is 5.82 Å². The van der Waals surface area contributed by atoms with Crippen LogP contribution < -0.4 is 10.5 Å². The molecule has 0 spiro atoms. The van der Waals surface area contributed by atoms with Gasteiger partial charge >= 0.3 is 0 Å². The zero-order valence-electron chi connectivity index (χ0n) is 9.24. The fourth-order valence-electron chi connectivity index (χ4n) is 1.39. The van der Waals surface area contributed by atoms with Crippen molar-refractivity contribution in [3.05, 3.63) is 52.1 Å². The van der Waals surface area contributed by atoms with Crippen molar-refractivity contribution in [2.24, 2.45) is 5.73 Å². The molecule has 6 heteroatoms. The number of ether oxygens (including phenoxy) is 1. The van der Waals surface area contributed by atoms with Crippen LogP contribution in [0.15, 0.2) is 39.4 Å². The summed E-state index contributed by atoms with van der Waals surface area (Å²) in [4.78, 5) is 0. The summed E-state index contributed by atoms with van der Waals surface area (Å²) in [6.07, 6.45) is 1.52. The van der Waals surface area contributed by atoms with Crippen molar-refractivity contribution in [1.29, 1.82) is 5.41 Å². The predicted octanol–water partition coefficient (Wildman–Crippen LogP) is 3.04. The van der Waals surface area contributed by atoms with Crippen molar-refractivity contribution in [3.8, 4) is 5.75 Å². The van der Waals surface area contributed by atoms with Gasteiger partial charge in [0.1, 0.15) is 18.2 Å². The van der Waals surface area contributed by atoms with E-state index in [1.807, 2.05) is 0 Å². The lowest BCUT2D eigenvalue weighted by molar-refractivity contribution is 0.258. The second kappa shape index (κ2) is 5.22. The molecule has 3 N–H and O–H groups in total. The van der Waals surface area contributed by atoms with E-state index >= 15 is 0 Å². The van der Waals surface area contributed by atoms with Crippen LogP contribution in [0.4, 0.5) is 4.39 Å². The third-order valence-electron chi connectivity index (χ3n) is 2.29. The van der Waals surface area contributed by atoms with Gasteiger partial charge in [-0.05, 0) is 40.2 Å². The monoisotopic (exact) mass is 312 g/mol. The minimum atomic E-state index is -0.589. The molecule has 94 valence electrons. The Morgan fingerprint density at radius 3 is 2.83 bits per heavy atom. The topological polar surface area (TPSA) is 72.2 Å². The molecule has 0 unspecified atom stereocenters. The van der Waals surface area contributed by atoms with Gasteiger partial charge < -0.3 is 14.9 Å². The van der Waals surface area contributed by atoms with Crippen LogP contribution in [-0.2, 0) is 6.61 Å². The molecule has 0 aliphatic rings. The van der Waals surface area contributed by atoms with Crippen LogP contribution in [0.3, 0.4) is 0 Å². The van der Waals surface area contributed by atoms with Gasteiger partial charge in [-0.3, -0.25) is 5.41 Å². The lowest BCUT2D eigenvalue weighted by Crippen LogP contribution is -2.12. The Bertz CT molecular complexity index is 570. The van der Waals surface area contributed by atoms with Gasteiger partial charge in [-0.25, -0.2) is 4.39 Å². The van der Waals surface area contributed by atoms with E-state index in [2.05, 4.69) is 15.9 Å². The van der Waals surface area contributed by atoms with Crippen LogP contribution in [0.2, 0.25) is 0 Å². The maximum Gasteiger partial charge on any atom is 0.179 e. The number of nitrogen functional groups attached to an aromatic ring is 1. The maximum absolute atomic E-state index is 13.9. The summed E-state index contributed by atoms with van der Waals surface area (Å²) >= 11 is 3.05. The molecule has 0 fully saturated rings. The maximum atomic E-state index is 13.9. The first-order chi connectivity index (χ1) is 8.59. The van der Waals surface area contributed by atoms with Crippen molar-refractivity contribution in [3.63, 3.8) is 0 Å². The molecule has 0 atom stereocenters. The fourth-order valence-corrected chi connectivity index (χ4v) is 1.94. The lowest BCUT2D eigenvalue weighted by atomic mass is 10.2. The molecule has 2 rings (SSSR count). The Morgan fingerprint density at radius 1 is 1.44 bits per heavy atom. The standard InChI is InChI=1S/C12H10BrFN2O2/c13-10-8(12(15)16)3-4-9(11(10)14)18-6-7-2-1-5-17-7/h1-5H,6H2,(H3,15,16). The molecule has 1 aromatic heterocycles. The highest BCUT2D eigenvalue weighted by Crippen LogP contribution is 2.28. The molecule has 1 aromatic carbocycles. The van der Waals surface area contributed by atoms with Crippen molar-refractivity contribution in [2.45, 2.75) is 6.61 Å². The third kappa shape index (κ3) is 2.53. The van der Waals surface area contributed by atoms with Gasteiger partial charge in [0.25, 0.3) is 0 Å². The number of amidine groups is 1. The second-order valence-electron chi connectivity index (χ2n) is 3.52. The molecule has 2 aromatic rings. The molecule has 0 amide bonds. The number of halogens is 2. The molecule has 1 heterocycles. The van der Waals surface area contributed by atoms with Gasteiger partial charge in [-0.2, -0.15) is 0 Å². The van der Waals surface area contributed by atoms with Gasteiger partial charge in [0.05, 0.1) is 10.7 Å². The molecule has 0 saturated heterocycles. The smallest absolute Gasteiger partial charge is 0.179 e. The highest BCUT2D eigenvalue weighted by Gasteiger charge is 2.14. The number of hydrogen-bond donors (Lipinski definition) is 2. The largest absolute Gasteiger partial charge is 0.483 e. The Morgan fingerprint density at radius 2 is 2.22 bits per heavy atom. The molecule has 4 nitrogen and oxygen atoms in total. The first kappa shape index (κ1) is 12.6. The SMILES string of the molecule is N=C(N)c1ccc(OCc2ccco2)c(F)c1Br. The van der Waals surface area contributed by atoms with E-state index in [1.54, 1.807) is 12.1 Å². The van der Waals surface area contributed by atoms with Crippen molar-refractivity contribution < 1.29 is 13.5 Å². The summed E-state index contributed by atoms with van der Waals surface area (Å²) in [5, 5.41) is 7.28. The number of rotatable bonds is 4. The van der Waals surface area contributed by atoms with Crippen molar-refractivity contribution in [2.75, 3.05) is 0 Å². The first-order valence-electron chi connectivity index (χ1n) is 5.07. The van der Waals surface area contributed by atoms with Crippen LogP contribution in [-0.4, -0.2) is 5.84 Å². The number of hydrogen-bond acceptors (Lipinski definition) is 3. The Labute approximate surface area is 111 Å². The zero-order chi connectivity index (χ0) is 13.1. The highest BCUT2D eigenvalue weighted by molar-refractivity contribution is 9.10. The number of nitrogens with two attached hydrogens (primary N) is 1. The minimum absolute atomic E-state index is 0.0725. The second-order valence-corrected chi connectivity index (χ2v) is 4.31. The summed E-state index contributed by atoms with van der Waals surface area (Å²) in [5.41, 5.74) is 5.61. The van der Waals surface area contributed by atoms with Gasteiger partial charge in [-0.1, -0.05) is 0 Å². The normalized spacial score (nSPS) is 10.3. The molecule has 0 aliphatic heterocycles. The summed E-state index contributed by atoms with van der Waals surface area (Å²) < 4.78 is 24.4. The van der Waals surface area contributed by atoms with Crippen LogP contribution in [0.25, 0.3) is 0 Å². The van der Waals surface area contributed by atoms with Crippen LogP contribution >= 0.6 is 15.9 Å². The van der Waals surface area contributed by atoms with E-state index in [0.29, 0.717) is 5.76 Å². The zero-order valence-corrected chi connectivity index (χ0v) is 10.8. The van der Waals surface area contributed by atoms with Crippen molar-refractivity contribution >= 4 is 21.8 Å². The van der Waals surface area contributed by atoms with Crippen LogP contribution in [0.1, 0.15) is 11.3 Å². The molecule has 0 saturated carbocycles. The molecule has 18 heavy (non-hydrogen) atoms. The first-order valence-corrected chi connectivity index (χ1v) is 5.86. The molecule has 0 aliphatic carbocycles. The Kier molecular flexibility index (Phi) is 3.66. The Hall–Kier alpha value is -1.82. The molecule has 0 radical (unpaired) electrons. The van der Waals surface area contributed by atoms with Crippen molar-refractivity contribution in [1.82, 2.24) is 0 Å². The van der Waals surface area contributed by atoms with E-state index in [1.165, 1.54) is 18.4 Å². The summed E-state index contributed by atoms with van der Waals surface area (Å²) in [6.45, 7) is 0.135. The molecule has 0 bridgehead atoms. The predicted molar refractivity (Wildman–Crippen MR) is 68.2 cm³/mol. The van der Waals surface area contributed by atoms with Gasteiger partial charge in [0.15, 0.2) is 11.6 Å². The van der Waals surface area contributed by atoms with Crippen LogP contribution in [0.5, 0.6) is 5.75 Å². The number of nitrogens with one attached hydrogen (secondary N) is 1. The highest BCUT2D eigenvalue weighted by atomic mass is 79.9. The lowest BCUT2D eigenvalue weighted by Gasteiger charge is -2.09. The van der Waals surface area contributed by atoms with E-state index in [0.717, 1.165) is 0 Å². The van der Waals surface area contributed by atoms with Gasteiger partial charge in [0, 0.05) is 5.56 Å². The fraction of sp³-hybridized carbons (Fsp3) is 0.0833. The van der Waals surface area contributed by atoms with Gasteiger partial charge in [-0.15, -0.1) is 0 Å². The van der Waals surface area contributed by atoms with E-state index in [9.17, 15) is 4.39 Å². The number of furan rings is 1. The summed E-state index contributed by atoms with van der Waals surface area (Å²) in [5.74, 6) is -0.128. The van der Waals surface area contributed by atoms with E-state index in [-0.39, 0.29) is 28.2 Å². The van der Waals surface area contributed by atoms with E-state index in [4.69, 9.17) is 20.3 Å². The quantitative estimate of drug-likeness (QED) is 0.673. The molecular weight excluding hydrogens is 303 g/mol. The van der Waals surface area contributed by atoms with Crippen LogP contribution in [0, 0.1) is 11.2 Å². The average molecular weight is 313 g/mol. The number of benzene rings is 1. The molecular formula is C12H10BrFN2O2. The average Bonchev–Trinajstić information content (AvgIpc) is 2.83. The summed E-state index contributed by atoms with van der Waals surface area (Å²) in [7, 11) is 0. The minimum Gasteiger partial charge on any atom is -0.483 e. The van der Waals surface area contributed by atoms with Gasteiger partial charge in [0.2, 0.25) is 0 Å². The summed E-state index contributed by atoms with van der Waals surface area (Å²) in [6, 6.07) is 6.41. The Balaban J connectivity index is 2.19. The third-order valence-corrected chi connectivity index (χ3v) is 3.06.